The molecule has 2 rings (SSSR count). The summed E-state index contributed by atoms with van der Waals surface area (Å²) < 4.78 is 5.12. The van der Waals surface area contributed by atoms with Gasteiger partial charge in [0.25, 0.3) is 5.91 Å². The highest BCUT2D eigenvalue weighted by atomic mass is 32.2. The van der Waals surface area contributed by atoms with Crippen LogP contribution >= 0.6 is 11.8 Å². The Kier molecular flexibility index (Phi) is 6.07. The molecule has 0 saturated heterocycles. The van der Waals surface area contributed by atoms with Gasteiger partial charge in [0.2, 0.25) is 0 Å². The Balaban J connectivity index is 1.77. The second-order valence-corrected chi connectivity index (χ2v) is 6.29. The van der Waals surface area contributed by atoms with E-state index in [1.165, 1.54) is 29.3 Å². The Morgan fingerprint density at radius 1 is 1.41 bits per heavy atom. The predicted octanol–water partition coefficient (Wildman–Crippen LogP) is 2.50. The van der Waals surface area contributed by atoms with Gasteiger partial charge >= 0.3 is 5.97 Å². The highest BCUT2D eigenvalue weighted by molar-refractivity contribution is 8.00. The summed E-state index contributed by atoms with van der Waals surface area (Å²) in [6.45, 7) is 5.45. The average molecular weight is 319 g/mol. The smallest absolute Gasteiger partial charge is 0.317 e. The molecule has 1 N–H and O–H groups in total. The van der Waals surface area contributed by atoms with E-state index < -0.39 is 6.10 Å². The minimum atomic E-state index is -0.784. The van der Waals surface area contributed by atoms with Gasteiger partial charge in [-0.1, -0.05) is 12.1 Å². The van der Waals surface area contributed by atoms with Gasteiger partial charge < -0.3 is 10.1 Å². The monoisotopic (exact) mass is 319 g/mol. The van der Waals surface area contributed by atoms with E-state index in [9.17, 15) is 9.59 Å². The zero-order valence-corrected chi connectivity index (χ0v) is 13.6. The maximum Gasteiger partial charge on any atom is 0.317 e. The van der Waals surface area contributed by atoms with Crippen LogP contribution in [0.5, 0.6) is 0 Å². The van der Waals surface area contributed by atoms with Crippen molar-refractivity contribution in [3.63, 3.8) is 0 Å². The van der Waals surface area contributed by atoms with E-state index in [0.29, 0.717) is 6.54 Å². The number of rotatable bonds is 7. The van der Waals surface area contributed by atoms with E-state index in [4.69, 9.17) is 4.74 Å². The minimum Gasteiger partial charge on any atom is -0.452 e. The van der Waals surface area contributed by atoms with E-state index in [-0.39, 0.29) is 17.6 Å². The fourth-order valence-electron chi connectivity index (χ4n) is 2.38. The Hall–Kier alpha value is -1.75. The predicted molar refractivity (Wildman–Crippen MR) is 88.0 cm³/mol. The maximum absolute atomic E-state index is 11.8. The quantitative estimate of drug-likeness (QED) is 0.477. The van der Waals surface area contributed by atoms with E-state index >= 15 is 0 Å². The molecule has 1 aliphatic carbocycles. The molecule has 0 aliphatic heterocycles. The summed E-state index contributed by atoms with van der Waals surface area (Å²) in [6, 6.07) is 6.34. The summed E-state index contributed by atoms with van der Waals surface area (Å²) in [4.78, 5) is 24.5. The molecule has 1 aromatic carbocycles. The van der Waals surface area contributed by atoms with Crippen LogP contribution in [-0.4, -0.2) is 30.3 Å². The molecule has 1 aliphatic rings. The zero-order valence-electron chi connectivity index (χ0n) is 12.8. The van der Waals surface area contributed by atoms with Gasteiger partial charge in [-0.15, -0.1) is 18.3 Å². The third kappa shape index (κ3) is 4.63. The van der Waals surface area contributed by atoms with Gasteiger partial charge in [0.1, 0.15) is 0 Å². The lowest BCUT2D eigenvalue weighted by atomic mass is 10.1. The Bertz CT molecular complexity index is 571. The van der Waals surface area contributed by atoms with Crippen molar-refractivity contribution in [3.8, 4) is 0 Å². The molecule has 0 unspecified atom stereocenters. The fourth-order valence-corrected chi connectivity index (χ4v) is 3.12. The number of hydrogen-bond acceptors (Lipinski definition) is 4. The minimum absolute atomic E-state index is 0.206. The van der Waals surface area contributed by atoms with Crippen LogP contribution in [0.3, 0.4) is 0 Å². The van der Waals surface area contributed by atoms with Gasteiger partial charge in [-0.3, -0.25) is 9.59 Å². The highest BCUT2D eigenvalue weighted by Gasteiger charge is 2.17. The molecular weight excluding hydrogens is 298 g/mol. The molecule has 1 aromatic rings. The maximum atomic E-state index is 11.8. The van der Waals surface area contributed by atoms with Crippen molar-refractivity contribution in [1.29, 1.82) is 0 Å². The summed E-state index contributed by atoms with van der Waals surface area (Å²) >= 11 is 1.44. The molecule has 4 nitrogen and oxygen atoms in total. The summed E-state index contributed by atoms with van der Waals surface area (Å²) in [6.07, 6.45) is 4.28. The summed E-state index contributed by atoms with van der Waals surface area (Å²) in [5.41, 5.74) is 2.80. The molecule has 0 radical (unpaired) electrons. The molecule has 0 heterocycles. The van der Waals surface area contributed by atoms with Crippen molar-refractivity contribution >= 4 is 23.6 Å². The first-order chi connectivity index (χ1) is 10.6. The number of hydrogen-bond donors (Lipinski definition) is 1. The lowest BCUT2D eigenvalue weighted by molar-refractivity contribution is -0.152. The van der Waals surface area contributed by atoms with Gasteiger partial charge in [0.05, 0.1) is 5.75 Å². The first-order valence-corrected chi connectivity index (χ1v) is 8.41. The van der Waals surface area contributed by atoms with Crippen molar-refractivity contribution in [1.82, 2.24) is 5.32 Å². The van der Waals surface area contributed by atoms with Gasteiger partial charge in [0, 0.05) is 11.4 Å². The molecular formula is C17H21NO3S. The van der Waals surface area contributed by atoms with Crippen LogP contribution < -0.4 is 5.32 Å². The highest BCUT2D eigenvalue weighted by Crippen LogP contribution is 2.27. The van der Waals surface area contributed by atoms with Crippen LogP contribution in [0.15, 0.2) is 35.7 Å². The third-order valence-electron chi connectivity index (χ3n) is 3.52. The van der Waals surface area contributed by atoms with E-state index in [0.717, 1.165) is 17.7 Å². The molecule has 0 saturated carbocycles. The van der Waals surface area contributed by atoms with E-state index in [2.05, 4.69) is 24.0 Å². The second-order valence-electron chi connectivity index (χ2n) is 5.24. The number of thioether (sulfide) groups is 1. The van der Waals surface area contributed by atoms with Crippen molar-refractivity contribution in [2.24, 2.45) is 0 Å². The molecule has 118 valence electrons. The van der Waals surface area contributed by atoms with Gasteiger partial charge in [-0.25, -0.2) is 0 Å². The number of amides is 1. The molecule has 5 heteroatoms. The first-order valence-electron chi connectivity index (χ1n) is 7.43. The van der Waals surface area contributed by atoms with Gasteiger partial charge in [-0.05, 0) is 49.4 Å². The van der Waals surface area contributed by atoms with Crippen LogP contribution in [0.2, 0.25) is 0 Å². The Labute approximate surface area is 135 Å². The normalized spacial score (nSPS) is 14.0. The van der Waals surface area contributed by atoms with Crippen LogP contribution in [0, 0.1) is 0 Å². The number of esters is 1. The van der Waals surface area contributed by atoms with Crippen molar-refractivity contribution in [2.45, 2.75) is 37.2 Å². The number of ether oxygens (including phenoxy) is 1. The number of benzene rings is 1. The first kappa shape index (κ1) is 16.6. The zero-order chi connectivity index (χ0) is 15.9. The number of aryl methyl sites for hydroxylation is 2. The van der Waals surface area contributed by atoms with Crippen LogP contribution in [0.4, 0.5) is 0 Å². The van der Waals surface area contributed by atoms with E-state index in [1.807, 2.05) is 6.07 Å². The molecule has 22 heavy (non-hydrogen) atoms. The molecule has 0 spiro atoms. The summed E-state index contributed by atoms with van der Waals surface area (Å²) in [5.74, 6) is -0.486. The van der Waals surface area contributed by atoms with Crippen LogP contribution in [0.1, 0.15) is 24.5 Å². The summed E-state index contributed by atoms with van der Waals surface area (Å²) in [7, 11) is 0. The molecule has 1 atom stereocenters. The van der Waals surface area contributed by atoms with Crippen molar-refractivity contribution < 1.29 is 14.3 Å². The number of carbonyl (C=O) groups is 2. The fraction of sp³-hybridized carbons (Fsp3) is 0.412. The summed E-state index contributed by atoms with van der Waals surface area (Å²) in [5, 5.41) is 2.60. The Morgan fingerprint density at radius 2 is 2.18 bits per heavy atom. The molecule has 0 fully saturated rings. The van der Waals surface area contributed by atoms with Gasteiger partial charge in [-0.2, -0.15) is 0 Å². The lowest BCUT2D eigenvalue weighted by Gasteiger charge is -2.12. The van der Waals surface area contributed by atoms with Crippen molar-refractivity contribution in [3.05, 3.63) is 42.0 Å². The third-order valence-corrected chi connectivity index (χ3v) is 4.49. The Morgan fingerprint density at radius 3 is 2.95 bits per heavy atom. The number of fused-ring (bicyclic) bond motifs is 1. The second kappa shape index (κ2) is 8.03. The topological polar surface area (TPSA) is 55.4 Å². The van der Waals surface area contributed by atoms with Gasteiger partial charge in [0.15, 0.2) is 6.10 Å². The largest absolute Gasteiger partial charge is 0.452 e. The number of carbonyl (C=O) groups excluding carboxylic acids is 2. The molecule has 1 amide bonds. The van der Waals surface area contributed by atoms with Crippen molar-refractivity contribution in [2.75, 3.05) is 12.3 Å². The molecule has 0 bridgehead atoms. The van der Waals surface area contributed by atoms with E-state index in [1.54, 1.807) is 13.0 Å². The lowest BCUT2D eigenvalue weighted by Crippen LogP contribution is -2.36. The SMILES string of the molecule is C=CCNC(=O)[C@@H](C)OC(=O)CSc1ccc2c(c1)CCC2. The standard InChI is InChI=1S/C17H21NO3S/c1-3-9-18-17(20)12(2)21-16(19)11-22-15-8-7-13-5-4-6-14(13)10-15/h3,7-8,10,12H,1,4-6,9,11H2,2H3,(H,18,20)/t12-/m1/s1. The van der Waals surface area contributed by atoms with Crippen LogP contribution in [-0.2, 0) is 27.2 Å². The molecule has 0 aromatic heterocycles. The van der Waals surface area contributed by atoms with Crippen LogP contribution in [0.25, 0.3) is 0 Å². The average Bonchev–Trinajstić information content (AvgIpc) is 2.98. The number of nitrogens with one attached hydrogen (secondary N) is 1.